The molecule has 0 unspecified atom stereocenters. The second-order valence-corrected chi connectivity index (χ2v) is 5.40. The average Bonchev–Trinajstić information content (AvgIpc) is 2.88. The van der Waals surface area contributed by atoms with E-state index in [2.05, 4.69) is 20.7 Å². The number of hydrogen-bond donors (Lipinski definition) is 1. The van der Waals surface area contributed by atoms with Crippen LogP contribution in [0.1, 0.15) is 31.5 Å². The van der Waals surface area contributed by atoms with Crippen molar-refractivity contribution in [1.82, 2.24) is 25.5 Å². The molecule has 0 atom stereocenters. The number of hydrogen-bond acceptors (Lipinski definition) is 5. The van der Waals surface area contributed by atoms with Crippen LogP contribution >= 0.6 is 0 Å². The van der Waals surface area contributed by atoms with Crippen molar-refractivity contribution in [2.75, 3.05) is 26.3 Å². The molecule has 100 valence electrons. The number of ether oxygens (including phenoxy) is 1. The standard InChI is InChI=1S/C12H21N5O/c1-17-15-11(14-16-17)12(4-6-13-7-5-12)10-2-8-18-9-3-10/h10,13H,2-9H2,1H3. The highest BCUT2D eigenvalue weighted by molar-refractivity contribution is 5.11. The van der Waals surface area contributed by atoms with Crippen LogP contribution in [-0.2, 0) is 17.2 Å². The summed E-state index contributed by atoms with van der Waals surface area (Å²) in [5.74, 6) is 1.58. The first-order valence-electron chi connectivity index (χ1n) is 6.84. The second kappa shape index (κ2) is 4.93. The number of nitrogens with one attached hydrogen (secondary N) is 1. The van der Waals surface area contributed by atoms with E-state index < -0.39 is 0 Å². The molecule has 2 fully saturated rings. The van der Waals surface area contributed by atoms with Gasteiger partial charge in [-0.05, 0) is 49.9 Å². The predicted octanol–water partition coefficient (Wildman–Crippen LogP) is 0.258. The van der Waals surface area contributed by atoms with E-state index in [1.54, 1.807) is 4.80 Å². The Morgan fingerprint density at radius 3 is 2.61 bits per heavy atom. The lowest BCUT2D eigenvalue weighted by molar-refractivity contribution is 0.0247. The Balaban J connectivity index is 1.91. The minimum Gasteiger partial charge on any atom is -0.381 e. The van der Waals surface area contributed by atoms with E-state index in [9.17, 15) is 0 Å². The molecule has 18 heavy (non-hydrogen) atoms. The van der Waals surface area contributed by atoms with Gasteiger partial charge in [-0.25, -0.2) is 0 Å². The summed E-state index contributed by atoms with van der Waals surface area (Å²) >= 11 is 0. The first kappa shape index (κ1) is 12.0. The maximum absolute atomic E-state index is 5.50. The number of rotatable bonds is 2. The smallest absolute Gasteiger partial charge is 0.181 e. The van der Waals surface area contributed by atoms with Gasteiger partial charge in [-0.2, -0.15) is 4.80 Å². The number of nitrogens with zero attached hydrogens (tertiary/aromatic N) is 4. The fourth-order valence-corrected chi connectivity index (χ4v) is 3.42. The Bertz CT molecular complexity index is 393. The first-order valence-corrected chi connectivity index (χ1v) is 6.84. The summed E-state index contributed by atoms with van der Waals surface area (Å²) in [7, 11) is 1.84. The highest BCUT2D eigenvalue weighted by Gasteiger charge is 2.45. The molecule has 0 aliphatic carbocycles. The molecule has 0 bridgehead atoms. The molecule has 2 aliphatic rings. The number of aromatic nitrogens is 4. The van der Waals surface area contributed by atoms with Gasteiger partial charge in [0.2, 0.25) is 0 Å². The van der Waals surface area contributed by atoms with Gasteiger partial charge < -0.3 is 10.1 Å². The van der Waals surface area contributed by atoms with Crippen molar-refractivity contribution in [3.8, 4) is 0 Å². The van der Waals surface area contributed by atoms with Crippen molar-refractivity contribution in [2.24, 2.45) is 13.0 Å². The largest absolute Gasteiger partial charge is 0.381 e. The molecule has 1 aromatic rings. The third-order valence-corrected chi connectivity index (χ3v) is 4.45. The maximum atomic E-state index is 5.50. The summed E-state index contributed by atoms with van der Waals surface area (Å²) in [6, 6.07) is 0. The van der Waals surface area contributed by atoms with Crippen molar-refractivity contribution in [3.63, 3.8) is 0 Å². The van der Waals surface area contributed by atoms with Crippen molar-refractivity contribution >= 4 is 0 Å². The van der Waals surface area contributed by atoms with Gasteiger partial charge in [-0.3, -0.25) is 0 Å². The van der Waals surface area contributed by atoms with Crippen LogP contribution in [0.2, 0.25) is 0 Å². The molecule has 0 aromatic carbocycles. The third-order valence-electron chi connectivity index (χ3n) is 4.45. The van der Waals surface area contributed by atoms with Gasteiger partial charge in [-0.1, -0.05) is 0 Å². The minimum atomic E-state index is 0.114. The molecule has 6 heteroatoms. The second-order valence-electron chi connectivity index (χ2n) is 5.40. The minimum absolute atomic E-state index is 0.114. The molecule has 0 radical (unpaired) electrons. The zero-order chi connectivity index (χ0) is 12.4. The van der Waals surface area contributed by atoms with Gasteiger partial charge in [0.05, 0.1) is 7.05 Å². The Morgan fingerprint density at radius 1 is 1.28 bits per heavy atom. The van der Waals surface area contributed by atoms with Crippen LogP contribution in [0.25, 0.3) is 0 Å². The van der Waals surface area contributed by atoms with Crippen molar-refractivity contribution < 1.29 is 4.74 Å². The summed E-state index contributed by atoms with van der Waals surface area (Å²) in [5, 5.41) is 16.3. The normalized spacial score (nSPS) is 25.2. The summed E-state index contributed by atoms with van der Waals surface area (Å²) in [4.78, 5) is 1.58. The van der Waals surface area contributed by atoms with E-state index in [4.69, 9.17) is 4.74 Å². The molecular weight excluding hydrogens is 230 g/mol. The van der Waals surface area contributed by atoms with Crippen LogP contribution in [0, 0.1) is 5.92 Å². The van der Waals surface area contributed by atoms with Crippen LogP contribution < -0.4 is 5.32 Å². The molecular formula is C12H21N5O. The van der Waals surface area contributed by atoms with E-state index in [1.807, 2.05) is 7.05 Å². The van der Waals surface area contributed by atoms with Gasteiger partial charge in [-0.15, -0.1) is 10.2 Å². The van der Waals surface area contributed by atoms with Gasteiger partial charge in [0.25, 0.3) is 0 Å². The van der Waals surface area contributed by atoms with Crippen LogP contribution in [0.4, 0.5) is 0 Å². The average molecular weight is 251 g/mol. The molecule has 2 saturated heterocycles. The van der Waals surface area contributed by atoms with Gasteiger partial charge in [0.1, 0.15) is 0 Å². The van der Waals surface area contributed by atoms with E-state index >= 15 is 0 Å². The summed E-state index contributed by atoms with van der Waals surface area (Å²) in [6.07, 6.45) is 4.48. The SMILES string of the molecule is Cn1nnc(C2(C3CCOCC3)CCNCC2)n1. The predicted molar refractivity (Wildman–Crippen MR) is 66.1 cm³/mol. The highest BCUT2D eigenvalue weighted by Crippen LogP contribution is 2.42. The lowest BCUT2D eigenvalue weighted by atomic mass is 9.65. The number of aryl methyl sites for hydroxylation is 1. The van der Waals surface area contributed by atoms with E-state index in [-0.39, 0.29) is 5.41 Å². The monoisotopic (exact) mass is 251 g/mol. The highest BCUT2D eigenvalue weighted by atomic mass is 16.5. The van der Waals surface area contributed by atoms with Gasteiger partial charge in [0, 0.05) is 18.6 Å². The fraction of sp³-hybridized carbons (Fsp3) is 0.917. The van der Waals surface area contributed by atoms with Gasteiger partial charge in [0.15, 0.2) is 5.82 Å². The third kappa shape index (κ3) is 2.03. The zero-order valence-electron chi connectivity index (χ0n) is 10.9. The quantitative estimate of drug-likeness (QED) is 0.816. The fourth-order valence-electron chi connectivity index (χ4n) is 3.42. The Morgan fingerprint density at radius 2 is 2.00 bits per heavy atom. The Kier molecular flexibility index (Phi) is 3.30. The number of piperidine rings is 1. The summed E-state index contributed by atoms with van der Waals surface area (Å²) in [6.45, 7) is 3.85. The Hall–Kier alpha value is -1.01. The van der Waals surface area contributed by atoms with Crippen molar-refractivity contribution in [1.29, 1.82) is 0 Å². The van der Waals surface area contributed by atoms with Crippen LogP contribution in [0.3, 0.4) is 0 Å². The van der Waals surface area contributed by atoms with Crippen LogP contribution in [0.5, 0.6) is 0 Å². The molecule has 3 rings (SSSR count). The molecule has 3 heterocycles. The lowest BCUT2D eigenvalue weighted by Gasteiger charge is -2.43. The number of tetrazole rings is 1. The first-order chi connectivity index (χ1) is 8.81. The molecule has 6 nitrogen and oxygen atoms in total. The van der Waals surface area contributed by atoms with E-state index in [0.717, 1.165) is 57.8 Å². The molecule has 1 aromatic heterocycles. The molecule has 0 amide bonds. The topological polar surface area (TPSA) is 64.9 Å². The summed E-state index contributed by atoms with van der Waals surface area (Å²) < 4.78 is 5.50. The van der Waals surface area contributed by atoms with Gasteiger partial charge >= 0.3 is 0 Å². The molecule has 0 saturated carbocycles. The van der Waals surface area contributed by atoms with E-state index in [1.165, 1.54) is 0 Å². The van der Waals surface area contributed by atoms with Crippen LogP contribution in [0.15, 0.2) is 0 Å². The Labute approximate surface area is 107 Å². The molecule has 1 N–H and O–H groups in total. The summed E-state index contributed by atoms with van der Waals surface area (Å²) in [5.41, 5.74) is 0.114. The zero-order valence-corrected chi connectivity index (χ0v) is 10.9. The van der Waals surface area contributed by atoms with Crippen molar-refractivity contribution in [2.45, 2.75) is 31.1 Å². The van der Waals surface area contributed by atoms with Crippen molar-refractivity contribution in [3.05, 3.63) is 5.82 Å². The molecule has 0 spiro atoms. The lowest BCUT2D eigenvalue weighted by Crippen LogP contribution is -2.47. The van der Waals surface area contributed by atoms with E-state index in [0.29, 0.717) is 5.92 Å². The molecule has 2 aliphatic heterocycles. The maximum Gasteiger partial charge on any atom is 0.181 e. The van der Waals surface area contributed by atoms with Crippen LogP contribution in [-0.4, -0.2) is 46.5 Å².